The second-order valence-electron chi connectivity index (χ2n) is 4.38. The molecule has 1 N–H and O–H groups in total. The van der Waals surface area contributed by atoms with Gasteiger partial charge >= 0.3 is 0 Å². The molecule has 0 bridgehead atoms. The van der Waals surface area contributed by atoms with Gasteiger partial charge in [0, 0.05) is 0 Å². The second kappa shape index (κ2) is 6.04. The molecule has 2 aromatic rings. The molecular weight excluding hydrogens is 262 g/mol. The molecule has 0 fully saturated rings. The van der Waals surface area contributed by atoms with E-state index in [4.69, 9.17) is 16.3 Å². The van der Waals surface area contributed by atoms with Gasteiger partial charge in [-0.2, -0.15) is 0 Å². The predicted octanol–water partition coefficient (Wildman–Crippen LogP) is 4.28. The lowest BCUT2D eigenvalue weighted by molar-refractivity contribution is 0.169. The molecule has 0 aliphatic carbocycles. The van der Waals surface area contributed by atoms with E-state index in [0.717, 1.165) is 5.56 Å². The normalized spacial score (nSPS) is 12.2. The minimum atomic E-state index is -0.531. The molecule has 0 radical (unpaired) electrons. The molecule has 0 aliphatic rings. The molecule has 0 spiro atoms. The van der Waals surface area contributed by atoms with Crippen LogP contribution in [0.3, 0.4) is 0 Å². The summed E-state index contributed by atoms with van der Waals surface area (Å²) in [4.78, 5) is 4.17. The number of rotatable bonds is 4. The van der Waals surface area contributed by atoms with Gasteiger partial charge in [0.2, 0.25) is 0 Å². The van der Waals surface area contributed by atoms with Gasteiger partial charge in [0.1, 0.15) is 11.5 Å². The van der Waals surface area contributed by atoms with Crippen molar-refractivity contribution in [2.75, 3.05) is 0 Å². The van der Waals surface area contributed by atoms with Gasteiger partial charge in [0.05, 0.1) is 23.0 Å². The maximum atomic E-state index is 9.66. The average Bonchev–Trinajstić information content (AvgIpc) is 2.42. The molecule has 0 aliphatic heterocycles. The Kier molecular flexibility index (Phi) is 4.40. The van der Waals surface area contributed by atoms with Crippen LogP contribution in [0.25, 0.3) is 0 Å². The molecule has 1 atom stereocenters. The number of benzene rings is 1. The summed E-state index contributed by atoms with van der Waals surface area (Å²) >= 11 is 6.10. The molecule has 1 heterocycles. The highest BCUT2D eigenvalue weighted by Crippen LogP contribution is 2.30. The second-order valence-corrected chi connectivity index (χ2v) is 4.79. The van der Waals surface area contributed by atoms with Crippen molar-refractivity contribution in [3.05, 3.63) is 52.8 Å². The zero-order valence-corrected chi connectivity index (χ0v) is 11.7. The molecule has 19 heavy (non-hydrogen) atoms. The molecule has 1 aromatic carbocycles. The highest BCUT2D eigenvalue weighted by atomic mass is 35.5. The molecule has 0 unspecified atom stereocenters. The summed E-state index contributed by atoms with van der Waals surface area (Å²) in [7, 11) is 0. The van der Waals surface area contributed by atoms with Crippen molar-refractivity contribution in [1.82, 2.24) is 4.98 Å². The Balaban J connectivity index is 2.15. The maximum absolute atomic E-state index is 9.66. The molecule has 1 aromatic heterocycles. The summed E-state index contributed by atoms with van der Waals surface area (Å²) in [6.07, 6.45) is 1.69. The summed E-state index contributed by atoms with van der Waals surface area (Å²) < 4.78 is 5.66. The number of aliphatic hydroxyl groups is 1. The van der Waals surface area contributed by atoms with Crippen LogP contribution in [0.1, 0.15) is 30.7 Å². The van der Waals surface area contributed by atoms with Crippen molar-refractivity contribution in [2.45, 2.75) is 26.4 Å². The molecule has 100 valence electrons. The van der Waals surface area contributed by atoms with Crippen LogP contribution in [0, 0.1) is 6.92 Å². The number of nitrogens with zero attached hydrogens (tertiary/aromatic N) is 1. The predicted molar refractivity (Wildman–Crippen MR) is 75.8 cm³/mol. The van der Waals surface area contributed by atoms with Gasteiger partial charge in [-0.1, -0.05) is 24.6 Å². The van der Waals surface area contributed by atoms with E-state index in [1.54, 1.807) is 18.3 Å². The molecule has 3 nitrogen and oxygen atoms in total. The standard InChI is InChI=1S/C15H16ClNO2/c1-3-14(18)13-6-5-11(9-17-13)19-15-7-4-10(2)8-12(15)16/h4-9,14,18H,3H2,1-2H3/t14-/m0/s1. The summed E-state index contributed by atoms with van der Waals surface area (Å²) in [5.74, 6) is 1.19. The van der Waals surface area contributed by atoms with Crippen molar-refractivity contribution in [3.63, 3.8) is 0 Å². The van der Waals surface area contributed by atoms with Crippen LogP contribution in [-0.4, -0.2) is 10.1 Å². The van der Waals surface area contributed by atoms with E-state index in [-0.39, 0.29) is 0 Å². The minimum absolute atomic E-state index is 0.531. The first-order valence-electron chi connectivity index (χ1n) is 6.18. The summed E-state index contributed by atoms with van der Waals surface area (Å²) in [6.45, 7) is 3.88. The average molecular weight is 278 g/mol. The van der Waals surface area contributed by atoms with E-state index in [2.05, 4.69) is 4.98 Å². The Hall–Kier alpha value is -1.58. The fourth-order valence-electron chi connectivity index (χ4n) is 1.67. The van der Waals surface area contributed by atoms with Crippen LogP contribution < -0.4 is 4.74 Å². The Morgan fingerprint density at radius 2 is 2.11 bits per heavy atom. The van der Waals surface area contributed by atoms with Crippen LogP contribution in [0.4, 0.5) is 0 Å². The van der Waals surface area contributed by atoms with Crippen LogP contribution in [0.5, 0.6) is 11.5 Å². The smallest absolute Gasteiger partial charge is 0.146 e. The lowest BCUT2D eigenvalue weighted by atomic mass is 10.2. The maximum Gasteiger partial charge on any atom is 0.146 e. The largest absolute Gasteiger partial charge is 0.454 e. The highest BCUT2D eigenvalue weighted by Gasteiger charge is 2.07. The fourth-order valence-corrected chi connectivity index (χ4v) is 1.95. The van der Waals surface area contributed by atoms with Gasteiger partial charge in [-0.25, -0.2) is 0 Å². The number of aromatic nitrogens is 1. The number of hydrogen-bond acceptors (Lipinski definition) is 3. The van der Waals surface area contributed by atoms with Crippen molar-refractivity contribution < 1.29 is 9.84 Å². The quantitative estimate of drug-likeness (QED) is 0.907. The number of halogens is 1. The highest BCUT2D eigenvalue weighted by molar-refractivity contribution is 6.32. The van der Waals surface area contributed by atoms with E-state index < -0.39 is 6.10 Å². The van der Waals surface area contributed by atoms with E-state index in [0.29, 0.717) is 28.6 Å². The Labute approximate surface area is 117 Å². The van der Waals surface area contributed by atoms with Crippen molar-refractivity contribution in [2.24, 2.45) is 0 Å². The molecular formula is C15H16ClNO2. The van der Waals surface area contributed by atoms with Gasteiger partial charge < -0.3 is 9.84 Å². The van der Waals surface area contributed by atoms with Crippen molar-refractivity contribution in [3.8, 4) is 11.5 Å². The first-order valence-corrected chi connectivity index (χ1v) is 6.56. The monoisotopic (exact) mass is 277 g/mol. The lowest BCUT2D eigenvalue weighted by Gasteiger charge is -2.10. The Morgan fingerprint density at radius 1 is 1.32 bits per heavy atom. The van der Waals surface area contributed by atoms with Crippen LogP contribution in [0.2, 0.25) is 5.02 Å². The van der Waals surface area contributed by atoms with Gasteiger partial charge in [0.25, 0.3) is 0 Å². The van der Waals surface area contributed by atoms with Gasteiger partial charge in [0.15, 0.2) is 0 Å². The topological polar surface area (TPSA) is 42.4 Å². The van der Waals surface area contributed by atoms with E-state index >= 15 is 0 Å². The fraction of sp³-hybridized carbons (Fsp3) is 0.267. The zero-order valence-electron chi connectivity index (χ0n) is 10.9. The summed E-state index contributed by atoms with van der Waals surface area (Å²) in [5.41, 5.74) is 1.72. The van der Waals surface area contributed by atoms with Crippen LogP contribution in [-0.2, 0) is 0 Å². The number of aliphatic hydroxyl groups excluding tert-OH is 1. The van der Waals surface area contributed by atoms with Crippen LogP contribution in [0.15, 0.2) is 36.5 Å². The van der Waals surface area contributed by atoms with E-state index in [1.165, 1.54) is 0 Å². The number of pyridine rings is 1. The number of hydrogen-bond donors (Lipinski definition) is 1. The minimum Gasteiger partial charge on any atom is -0.454 e. The molecule has 0 saturated heterocycles. The van der Waals surface area contributed by atoms with Crippen molar-refractivity contribution >= 4 is 11.6 Å². The van der Waals surface area contributed by atoms with Gasteiger partial charge in [-0.15, -0.1) is 0 Å². The van der Waals surface area contributed by atoms with E-state index in [9.17, 15) is 5.11 Å². The van der Waals surface area contributed by atoms with Gasteiger partial charge in [-0.05, 0) is 43.2 Å². The molecule has 0 saturated carbocycles. The lowest BCUT2D eigenvalue weighted by Crippen LogP contribution is -1.98. The first-order chi connectivity index (χ1) is 9.10. The van der Waals surface area contributed by atoms with Crippen LogP contribution >= 0.6 is 11.6 Å². The number of ether oxygens (including phenoxy) is 1. The third-order valence-corrected chi connectivity index (χ3v) is 3.10. The third kappa shape index (κ3) is 3.46. The van der Waals surface area contributed by atoms with E-state index in [1.807, 2.05) is 32.0 Å². The SMILES string of the molecule is CC[C@H](O)c1ccc(Oc2ccc(C)cc2Cl)cn1. The Morgan fingerprint density at radius 3 is 2.68 bits per heavy atom. The van der Waals surface area contributed by atoms with Gasteiger partial charge in [-0.3, -0.25) is 4.98 Å². The summed E-state index contributed by atoms with van der Waals surface area (Å²) in [5, 5.41) is 10.2. The third-order valence-electron chi connectivity index (χ3n) is 2.80. The summed E-state index contributed by atoms with van der Waals surface area (Å²) in [6, 6.07) is 9.14. The molecule has 4 heteroatoms. The van der Waals surface area contributed by atoms with Crippen molar-refractivity contribution in [1.29, 1.82) is 0 Å². The first kappa shape index (κ1) is 13.8. The zero-order chi connectivity index (χ0) is 13.8. The molecule has 0 amide bonds. The Bertz CT molecular complexity index is 555. The molecule has 2 rings (SSSR count). The number of aryl methyl sites for hydroxylation is 1.